The Hall–Kier alpha value is -0.220. The fourth-order valence-electron chi connectivity index (χ4n) is 1.36. The SMILES string of the molecule is CC(C)N1CC(F)(F)[C@@](C)(O)C1. The zero-order valence-electron chi connectivity index (χ0n) is 7.64. The lowest BCUT2D eigenvalue weighted by Crippen LogP contribution is -2.43. The van der Waals surface area contributed by atoms with Crippen LogP contribution in [0, 0.1) is 0 Å². The number of rotatable bonds is 1. The van der Waals surface area contributed by atoms with Crippen LogP contribution >= 0.6 is 0 Å². The van der Waals surface area contributed by atoms with Gasteiger partial charge in [-0.25, -0.2) is 8.78 Å². The van der Waals surface area contributed by atoms with E-state index in [1.165, 1.54) is 6.92 Å². The monoisotopic (exact) mass is 179 g/mol. The van der Waals surface area contributed by atoms with E-state index in [0.717, 1.165) is 0 Å². The molecule has 0 saturated carbocycles. The molecule has 1 aliphatic heterocycles. The van der Waals surface area contributed by atoms with E-state index >= 15 is 0 Å². The summed E-state index contributed by atoms with van der Waals surface area (Å²) in [5.74, 6) is -2.97. The Morgan fingerprint density at radius 1 is 1.33 bits per heavy atom. The predicted octanol–water partition coefficient (Wildman–Crippen LogP) is 1.10. The Balaban J connectivity index is 2.74. The summed E-state index contributed by atoms with van der Waals surface area (Å²) < 4.78 is 26.1. The number of halogens is 2. The van der Waals surface area contributed by atoms with Gasteiger partial charge in [0.05, 0.1) is 6.54 Å². The van der Waals surface area contributed by atoms with Crippen LogP contribution in [0.15, 0.2) is 0 Å². The number of hydrogen-bond donors (Lipinski definition) is 1. The fraction of sp³-hybridized carbons (Fsp3) is 1.00. The van der Waals surface area contributed by atoms with Crippen LogP contribution in [-0.2, 0) is 0 Å². The molecule has 2 nitrogen and oxygen atoms in total. The second kappa shape index (κ2) is 2.64. The number of alkyl halides is 2. The Morgan fingerprint density at radius 3 is 2.00 bits per heavy atom. The minimum Gasteiger partial charge on any atom is -0.382 e. The summed E-state index contributed by atoms with van der Waals surface area (Å²) in [7, 11) is 0. The maximum Gasteiger partial charge on any atom is 0.289 e. The standard InChI is InChI=1S/C8H15F2NO/c1-6(2)11-4-7(3,12)8(9,10)5-11/h6,12H,4-5H2,1-3H3/t7-/m0/s1. The first-order valence-electron chi connectivity index (χ1n) is 4.10. The molecule has 0 bridgehead atoms. The van der Waals surface area contributed by atoms with Crippen molar-refractivity contribution < 1.29 is 13.9 Å². The summed E-state index contributed by atoms with van der Waals surface area (Å²) in [4.78, 5) is 1.58. The molecule has 0 spiro atoms. The minimum absolute atomic E-state index is 0.0532. The van der Waals surface area contributed by atoms with Crippen molar-refractivity contribution in [2.45, 2.75) is 38.3 Å². The Labute approximate surface area is 71.2 Å². The fourth-order valence-corrected chi connectivity index (χ4v) is 1.36. The number of aliphatic hydroxyl groups is 1. The molecule has 4 heteroatoms. The number of β-amino-alcohol motifs (C(OH)–C–C–N with tert-alkyl or cyclic N) is 1. The molecule has 0 unspecified atom stereocenters. The highest BCUT2D eigenvalue weighted by Crippen LogP contribution is 2.36. The number of hydrogen-bond acceptors (Lipinski definition) is 2. The third-order valence-corrected chi connectivity index (χ3v) is 2.43. The smallest absolute Gasteiger partial charge is 0.289 e. The van der Waals surface area contributed by atoms with Crippen molar-refractivity contribution in [3.05, 3.63) is 0 Å². The third kappa shape index (κ3) is 1.45. The van der Waals surface area contributed by atoms with E-state index in [4.69, 9.17) is 0 Å². The summed E-state index contributed by atoms with van der Waals surface area (Å²) in [6.07, 6.45) is 0. The first-order chi connectivity index (χ1) is 5.26. The van der Waals surface area contributed by atoms with E-state index in [2.05, 4.69) is 0 Å². The van der Waals surface area contributed by atoms with Gasteiger partial charge in [0.2, 0.25) is 0 Å². The van der Waals surface area contributed by atoms with Gasteiger partial charge < -0.3 is 5.11 Å². The van der Waals surface area contributed by atoms with E-state index in [9.17, 15) is 13.9 Å². The maximum atomic E-state index is 13.0. The van der Waals surface area contributed by atoms with Crippen molar-refractivity contribution in [2.75, 3.05) is 13.1 Å². The summed E-state index contributed by atoms with van der Waals surface area (Å²) in [5.41, 5.74) is -1.86. The van der Waals surface area contributed by atoms with Crippen molar-refractivity contribution in [2.24, 2.45) is 0 Å². The quantitative estimate of drug-likeness (QED) is 0.651. The van der Waals surface area contributed by atoms with Gasteiger partial charge in [0.15, 0.2) is 0 Å². The van der Waals surface area contributed by atoms with Gasteiger partial charge in [0, 0.05) is 12.6 Å². The molecule has 1 heterocycles. The van der Waals surface area contributed by atoms with E-state index in [1.54, 1.807) is 4.90 Å². The minimum atomic E-state index is -2.97. The molecule has 1 rings (SSSR count). The molecule has 72 valence electrons. The van der Waals surface area contributed by atoms with Crippen LogP contribution in [0.25, 0.3) is 0 Å². The molecule has 0 aromatic heterocycles. The average molecular weight is 179 g/mol. The molecule has 0 radical (unpaired) electrons. The average Bonchev–Trinajstić information content (AvgIpc) is 2.03. The second-order valence-electron chi connectivity index (χ2n) is 3.98. The summed E-state index contributed by atoms with van der Waals surface area (Å²) in [5, 5.41) is 9.35. The first-order valence-corrected chi connectivity index (χ1v) is 4.10. The summed E-state index contributed by atoms with van der Waals surface area (Å²) in [6, 6.07) is 0.0600. The third-order valence-electron chi connectivity index (χ3n) is 2.43. The second-order valence-corrected chi connectivity index (χ2v) is 3.98. The molecule has 1 fully saturated rings. The maximum absolute atomic E-state index is 13.0. The van der Waals surface area contributed by atoms with Crippen molar-refractivity contribution in [3.8, 4) is 0 Å². The number of likely N-dealkylation sites (tertiary alicyclic amines) is 1. The van der Waals surface area contributed by atoms with Gasteiger partial charge in [-0.2, -0.15) is 0 Å². The molecule has 1 N–H and O–H groups in total. The summed E-state index contributed by atoms with van der Waals surface area (Å²) in [6.45, 7) is 4.60. The van der Waals surface area contributed by atoms with Crippen LogP contribution in [0.5, 0.6) is 0 Å². The summed E-state index contributed by atoms with van der Waals surface area (Å²) >= 11 is 0. The highest BCUT2D eigenvalue weighted by atomic mass is 19.3. The molecule has 0 aromatic carbocycles. The van der Waals surface area contributed by atoms with Gasteiger partial charge in [-0.1, -0.05) is 0 Å². The van der Waals surface area contributed by atoms with E-state index in [1.807, 2.05) is 13.8 Å². The van der Waals surface area contributed by atoms with Gasteiger partial charge in [-0.3, -0.25) is 4.90 Å². The first kappa shape index (κ1) is 9.86. The molecule has 1 saturated heterocycles. The molecule has 0 aliphatic carbocycles. The predicted molar refractivity (Wildman–Crippen MR) is 42.3 cm³/mol. The molecular formula is C8H15F2NO. The van der Waals surface area contributed by atoms with E-state index in [-0.39, 0.29) is 19.1 Å². The lowest BCUT2D eigenvalue weighted by Gasteiger charge is -2.23. The van der Waals surface area contributed by atoms with Crippen LogP contribution in [0.1, 0.15) is 20.8 Å². The number of nitrogens with zero attached hydrogens (tertiary/aromatic N) is 1. The van der Waals surface area contributed by atoms with E-state index < -0.39 is 11.5 Å². The van der Waals surface area contributed by atoms with Crippen LogP contribution in [0.3, 0.4) is 0 Å². The lowest BCUT2D eigenvalue weighted by molar-refractivity contribution is -0.134. The largest absolute Gasteiger partial charge is 0.382 e. The Morgan fingerprint density at radius 2 is 1.83 bits per heavy atom. The zero-order chi connectivity index (χ0) is 9.57. The highest BCUT2D eigenvalue weighted by molar-refractivity contribution is 5.01. The van der Waals surface area contributed by atoms with Gasteiger partial charge in [0.1, 0.15) is 5.60 Å². The van der Waals surface area contributed by atoms with Gasteiger partial charge in [0.25, 0.3) is 5.92 Å². The highest BCUT2D eigenvalue weighted by Gasteiger charge is 2.56. The van der Waals surface area contributed by atoms with Crippen LogP contribution in [-0.4, -0.2) is 40.7 Å². The van der Waals surface area contributed by atoms with Gasteiger partial charge in [-0.05, 0) is 20.8 Å². The van der Waals surface area contributed by atoms with Crippen LogP contribution in [0.4, 0.5) is 8.78 Å². The van der Waals surface area contributed by atoms with Gasteiger partial charge >= 0.3 is 0 Å². The molecule has 1 atom stereocenters. The van der Waals surface area contributed by atoms with Crippen molar-refractivity contribution >= 4 is 0 Å². The molecule has 12 heavy (non-hydrogen) atoms. The molecule has 1 aliphatic rings. The Kier molecular flexibility index (Phi) is 2.17. The van der Waals surface area contributed by atoms with Crippen molar-refractivity contribution in [1.29, 1.82) is 0 Å². The zero-order valence-corrected chi connectivity index (χ0v) is 7.64. The van der Waals surface area contributed by atoms with Crippen LogP contribution < -0.4 is 0 Å². The molecule has 0 aromatic rings. The Bertz CT molecular complexity index is 164. The molecule has 0 amide bonds. The van der Waals surface area contributed by atoms with Crippen LogP contribution in [0.2, 0.25) is 0 Å². The van der Waals surface area contributed by atoms with Gasteiger partial charge in [-0.15, -0.1) is 0 Å². The lowest BCUT2D eigenvalue weighted by atomic mass is 10.0. The van der Waals surface area contributed by atoms with Crippen molar-refractivity contribution in [3.63, 3.8) is 0 Å². The normalized spacial score (nSPS) is 36.2. The van der Waals surface area contributed by atoms with E-state index in [0.29, 0.717) is 0 Å². The van der Waals surface area contributed by atoms with Crippen molar-refractivity contribution in [1.82, 2.24) is 4.90 Å². The molecular weight excluding hydrogens is 164 g/mol. The topological polar surface area (TPSA) is 23.5 Å².